The number of rotatable bonds is 7. The molecule has 0 bridgehead atoms. The molecule has 0 N–H and O–H groups in total. The lowest BCUT2D eigenvalue weighted by molar-refractivity contribution is 0.0472. The molecule has 3 aromatic rings. The highest BCUT2D eigenvalue weighted by Gasteiger charge is 2.17. The first kappa shape index (κ1) is 18.6. The van der Waals surface area contributed by atoms with E-state index in [1.807, 2.05) is 36.4 Å². The van der Waals surface area contributed by atoms with Crippen LogP contribution in [-0.4, -0.2) is 25.5 Å². The van der Waals surface area contributed by atoms with Crippen LogP contribution in [0, 0.1) is 0 Å². The number of benzene rings is 3. The third-order valence-corrected chi connectivity index (χ3v) is 4.44. The molecule has 0 heterocycles. The number of methoxy groups -OCH3 is 1. The second-order valence-electron chi connectivity index (χ2n) is 6.35. The molecular formula is C23H22O4. The number of esters is 1. The third-order valence-electron chi connectivity index (χ3n) is 4.44. The minimum Gasteiger partial charge on any atom is -0.496 e. The monoisotopic (exact) mass is 362 g/mol. The van der Waals surface area contributed by atoms with Gasteiger partial charge < -0.3 is 9.47 Å². The van der Waals surface area contributed by atoms with Gasteiger partial charge in [-0.1, -0.05) is 61.9 Å². The molecule has 0 aliphatic rings. The minimum atomic E-state index is -0.575. The molecule has 4 heteroatoms. The van der Waals surface area contributed by atoms with Gasteiger partial charge in [-0.05, 0) is 34.9 Å². The lowest BCUT2D eigenvalue weighted by Crippen LogP contribution is -2.15. The Labute approximate surface area is 158 Å². The Balaban J connectivity index is 1.71. The van der Waals surface area contributed by atoms with Crippen molar-refractivity contribution in [3.8, 4) is 5.75 Å². The van der Waals surface area contributed by atoms with E-state index in [1.165, 1.54) is 12.7 Å². The van der Waals surface area contributed by atoms with Gasteiger partial charge in [0, 0.05) is 5.56 Å². The number of carbonyl (C=O) groups is 2. The number of ether oxygens (including phenoxy) is 2. The van der Waals surface area contributed by atoms with E-state index in [-0.39, 0.29) is 12.4 Å². The fourth-order valence-electron chi connectivity index (χ4n) is 2.99. The largest absolute Gasteiger partial charge is 0.496 e. The van der Waals surface area contributed by atoms with Gasteiger partial charge in [0.25, 0.3) is 0 Å². The first-order valence-electron chi connectivity index (χ1n) is 8.98. The van der Waals surface area contributed by atoms with Crippen LogP contribution in [-0.2, 0) is 11.2 Å². The highest BCUT2D eigenvalue weighted by atomic mass is 16.5. The molecule has 3 rings (SSSR count). The molecule has 0 saturated carbocycles. The summed E-state index contributed by atoms with van der Waals surface area (Å²) in [5.74, 6) is -0.380. The van der Waals surface area contributed by atoms with E-state index in [4.69, 9.17) is 9.47 Å². The zero-order valence-electron chi connectivity index (χ0n) is 15.5. The Bertz CT molecular complexity index is 958. The van der Waals surface area contributed by atoms with Crippen LogP contribution in [0.4, 0.5) is 0 Å². The number of Topliss-reactive ketones (excluding diaryl/α,β-unsaturated/α-hetero) is 1. The number of hydrogen-bond donors (Lipinski definition) is 0. The summed E-state index contributed by atoms with van der Waals surface area (Å²) in [7, 11) is 1.50. The van der Waals surface area contributed by atoms with E-state index >= 15 is 0 Å². The highest BCUT2D eigenvalue weighted by Crippen LogP contribution is 2.26. The molecule has 0 aliphatic carbocycles. The predicted molar refractivity (Wildman–Crippen MR) is 106 cm³/mol. The van der Waals surface area contributed by atoms with Crippen molar-refractivity contribution in [3.63, 3.8) is 0 Å². The number of hydrogen-bond acceptors (Lipinski definition) is 4. The van der Waals surface area contributed by atoms with Crippen molar-refractivity contribution in [2.45, 2.75) is 19.8 Å². The molecule has 27 heavy (non-hydrogen) atoms. The summed E-state index contributed by atoms with van der Waals surface area (Å²) in [6.45, 7) is 1.81. The van der Waals surface area contributed by atoms with E-state index < -0.39 is 5.97 Å². The highest BCUT2D eigenvalue weighted by molar-refractivity contribution is 6.02. The van der Waals surface area contributed by atoms with Crippen LogP contribution < -0.4 is 4.74 Å². The minimum absolute atomic E-state index is 0.230. The van der Waals surface area contributed by atoms with Crippen molar-refractivity contribution >= 4 is 22.5 Å². The van der Waals surface area contributed by atoms with Crippen molar-refractivity contribution in [1.29, 1.82) is 0 Å². The molecule has 0 unspecified atom stereocenters. The summed E-state index contributed by atoms with van der Waals surface area (Å²) in [6, 6.07) is 18.6. The number of carbonyl (C=O) groups excluding carboxylic acids is 2. The smallest absolute Gasteiger partial charge is 0.342 e. The summed E-state index contributed by atoms with van der Waals surface area (Å²) in [6.07, 6.45) is 2.03. The number of aryl methyl sites for hydroxylation is 1. The molecule has 0 radical (unpaired) electrons. The SMILES string of the molecule is CCCc1ccc(C(=O)COC(=O)c2cc3ccccc3cc2OC)cc1. The Morgan fingerprint density at radius 2 is 1.59 bits per heavy atom. The number of fused-ring (bicyclic) bond motifs is 1. The molecule has 138 valence electrons. The van der Waals surface area contributed by atoms with Crippen LogP contribution in [0.3, 0.4) is 0 Å². The van der Waals surface area contributed by atoms with Crippen LogP contribution in [0.15, 0.2) is 60.7 Å². The van der Waals surface area contributed by atoms with E-state index in [0.717, 1.165) is 23.6 Å². The fourth-order valence-corrected chi connectivity index (χ4v) is 2.99. The van der Waals surface area contributed by atoms with E-state index in [1.54, 1.807) is 24.3 Å². The Morgan fingerprint density at radius 1 is 0.926 bits per heavy atom. The molecule has 0 spiro atoms. The van der Waals surface area contributed by atoms with Gasteiger partial charge in [-0.2, -0.15) is 0 Å². The fraction of sp³-hybridized carbons (Fsp3) is 0.217. The van der Waals surface area contributed by atoms with Gasteiger partial charge >= 0.3 is 5.97 Å². The average molecular weight is 362 g/mol. The van der Waals surface area contributed by atoms with E-state index in [2.05, 4.69) is 6.92 Å². The molecule has 0 amide bonds. The molecule has 0 atom stereocenters. The zero-order chi connectivity index (χ0) is 19.2. The summed E-state index contributed by atoms with van der Waals surface area (Å²) in [5.41, 5.74) is 2.03. The quantitative estimate of drug-likeness (QED) is 0.446. The molecule has 0 aliphatic heterocycles. The Morgan fingerprint density at radius 3 is 2.22 bits per heavy atom. The molecule has 0 fully saturated rings. The van der Waals surface area contributed by atoms with Gasteiger partial charge in [-0.15, -0.1) is 0 Å². The lowest BCUT2D eigenvalue weighted by atomic mass is 10.1. The molecule has 4 nitrogen and oxygen atoms in total. The first-order chi connectivity index (χ1) is 13.1. The van der Waals surface area contributed by atoms with Gasteiger partial charge in [0.1, 0.15) is 11.3 Å². The Kier molecular flexibility index (Phi) is 5.87. The van der Waals surface area contributed by atoms with Crippen molar-refractivity contribution in [2.75, 3.05) is 13.7 Å². The average Bonchev–Trinajstić information content (AvgIpc) is 2.71. The molecule has 0 aromatic heterocycles. The third kappa shape index (κ3) is 4.34. The first-order valence-corrected chi connectivity index (χ1v) is 8.98. The summed E-state index contributed by atoms with van der Waals surface area (Å²) < 4.78 is 10.6. The van der Waals surface area contributed by atoms with Gasteiger partial charge in [0.2, 0.25) is 0 Å². The molecule has 3 aromatic carbocycles. The van der Waals surface area contributed by atoms with Crippen molar-refractivity contribution in [2.24, 2.45) is 0 Å². The molecular weight excluding hydrogens is 340 g/mol. The van der Waals surface area contributed by atoms with Gasteiger partial charge in [-0.25, -0.2) is 4.79 Å². The van der Waals surface area contributed by atoms with E-state index in [9.17, 15) is 9.59 Å². The standard InChI is InChI=1S/C23H22O4/c1-3-6-16-9-11-17(12-10-16)21(24)15-27-23(25)20-13-18-7-4-5-8-19(18)14-22(20)26-2/h4-5,7-14H,3,6,15H2,1-2H3. The van der Waals surface area contributed by atoms with Crippen molar-refractivity contribution < 1.29 is 19.1 Å². The number of ketones is 1. The predicted octanol–water partition coefficient (Wildman–Crippen LogP) is 4.84. The van der Waals surface area contributed by atoms with Crippen molar-refractivity contribution in [1.82, 2.24) is 0 Å². The second kappa shape index (κ2) is 8.49. The topological polar surface area (TPSA) is 52.6 Å². The zero-order valence-corrected chi connectivity index (χ0v) is 15.5. The summed E-state index contributed by atoms with van der Waals surface area (Å²) in [4.78, 5) is 24.8. The van der Waals surface area contributed by atoms with Crippen LogP contribution in [0.25, 0.3) is 10.8 Å². The van der Waals surface area contributed by atoms with Gasteiger partial charge in [0.05, 0.1) is 7.11 Å². The molecule has 0 saturated heterocycles. The maximum absolute atomic E-state index is 12.5. The van der Waals surface area contributed by atoms with Crippen molar-refractivity contribution in [3.05, 3.63) is 77.4 Å². The van der Waals surface area contributed by atoms with Crippen LogP contribution in [0.5, 0.6) is 5.75 Å². The van der Waals surface area contributed by atoms with E-state index in [0.29, 0.717) is 16.9 Å². The van der Waals surface area contributed by atoms with Crippen LogP contribution in [0.2, 0.25) is 0 Å². The summed E-state index contributed by atoms with van der Waals surface area (Å²) >= 11 is 0. The second-order valence-corrected chi connectivity index (χ2v) is 6.35. The maximum atomic E-state index is 12.5. The lowest BCUT2D eigenvalue weighted by Gasteiger charge is -2.10. The maximum Gasteiger partial charge on any atom is 0.342 e. The van der Waals surface area contributed by atoms with Gasteiger partial charge in [-0.3, -0.25) is 4.79 Å². The van der Waals surface area contributed by atoms with Crippen LogP contribution in [0.1, 0.15) is 39.6 Å². The van der Waals surface area contributed by atoms with Gasteiger partial charge in [0.15, 0.2) is 12.4 Å². The Hall–Kier alpha value is -3.14. The van der Waals surface area contributed by atoms with Crippen LogP contribution >= 0.6 is 0 Å². The normalized spacial score (nSPS) is 10.6. The summed E-state index contributed by atoms with van der Waals surface area (Å²) in [5, 5.41) is 1.87.